The standard InChI is InChI=1S/C52H37N9O5/c1-60(37-13-5-4-6-14-37)65-30-34-28-33-12-7-8-15-38(33)47(48(34)64-3)57-55-36-26-22-32(23-27-36)51-59-58-50(66-51)31-20-24-35(25-21-31)54-56-46-39-16-11-17-40-45(39)41(29-44(46)63-2)52(62)61-43-19-10-9-18-42(43)53-49(40)61/h4-29H,30H2,1-3H3. The number of hydroxylamine groups is 1. The molecule has 0 aliphatic carbocycles. The second-order valence-electron chi connectivity index (χ2n) is 15.4. The van der Waals surface area contributed by atoms with Gasteiger partial charge in [-0.05, 0) is 90.3 Å². The van der Waals surface area contributed by atoms with Crippen LogP contribution in [0.25, 0.3) is 71.9 Å². The molecule has 11 rings (SSSR count). The van der Waals surface area contributed by atoms with Gasteiger partial charge in [0.05, 0.1) is 47.7 Å². The SMILES string of the molecule is COc1cc2c(=O)n3c4ccccc4nc3c3cccc(c1N=Nc1ccc(-c4nnc(-c5ccc(N=Nc6c(OC)c(CON(C)c7ccccc7)cc7ccccc67)cc5)o4)cc1)c23. The van der Waals surface area contributed by atoms with E-state index >= 15 is 0 Å². The van der Waals surface area contributed by atoms with E-state index in [1.807, 2.05) is 153 Å². The Hall–Kier alpha value is -8.88. The number of anilines is 1. The molecule has 0 fully saturated rings. The minimum atomic E-state index is -0.175. The molecule has 0 unspecified atom stereocenters. The summed E-state index contributed by atoms with van der Waals surface area (Å²) >= 11 is 0. The van der Waals surface area contributed by atoms with Crippen LogP contribution in [-0.2, 0) is 11.4 Å². The van der Waals surface area contributed by atoms with Crippen LogP contribution in [0.2, 0.25) is 0 Å². The van der Waals surface area contributed by atoms with Crippen molar-refractivity contribution >= 4 is 77.4 Å². The number of imidazole rings is 1. The summed E-state index contributed by atoms with van der Waals surface area (Å²) in [4.78, 5) is 24.9. The maximum absolute atomic E-state index is 13.9. The zero-order valence-electron chi connectivity index (χ0n) is 35.8. The van der Waals surface area contributed by atoms with Crippen molar-refractivity contribution < 1.29 is 18.7 Å². The van der Waals surface area contributed by atoms with Crippen molar-refractivity contribution in [1.29, 1.82) is 0 Å². The van der Waals surface area contributed by atoms with Gasteiger partial charge >= 0.3 is 0 Å². The summed E-state index contributed by atoms with van der Waals surface area (Å²) in [5, 5.41) is 33.6. The van der Waals surface area contributed by atoms with Crippen LogP contribution in [0, 0.1) is 0 Å². The highest BCUT2D eigenvalue weighted by molar-refractivity contribution is 6.19. The maximum Gasteiger partial charge on any atom is 0.264 e. The van der Waals surface area contributed by atoms with Crippen molar-refractivity contribution in [3.63, 3.8) is 0 Å². The Labute approximate surface area is 376 Å². The van der Waals surface area contributed by atoms with Crippen LogP contribution in [-0.4, -0.2) is 40.8 Å². The van der Waals surface area contributed by atoms with Crippen molar-refractivity contribution in [2.75, 3.05) is 26.3 Å². The average Bonchev–Trinajstić information content (AvgIpc) is 4.03. The molecule has 3 aromatic heterocycles. The van der Waals surface area contributed by atoms with Gasteiger partial charge in [-0.25, -0.2) is 4.98 Å². The summed E-state index contributed by atoms with van der Waals surface area (Å²) in [6.07, 6.45) is 0. The Bertz CT molecular complexity index is 3720. The molecule has 0 radical (unpaired) electrons. The zero-order valence-corrected chi connectivity index (χ0v) is 35.8. The number of azo groups is 2. The number of hydrogen-bond acceptors (Lipinski definition) is 13. The molecule has 14 nitrogen and oxygen atoms in total. The molecule has 66 heavy (non-hydrogen) atoms. The Kier molecular flexibility index (Phi) is 10.1. The molecule has 0 amide bonds. The van der Waals surface area contributed by atoms with E-state index in [1.54, 1.807) is 29.7 Å². The van der Waals surface area contributed by atoms with Gasteiger partial charge in [0.2, 0.25) is 11.8 Å². The third-order valence-corrected chi connectivity index (χ3v) is 11.5. The number of rotatable bonds is 12. The lowest BCUT2D eigenvalue weighted by Crippen LogP contribution is -2.17. The van der Waals surface area contributed by atoms with Crippen molar-refractivity contribution in [3.05, 3.63) is 174 Å². The smallest absolute Gasteiger partial charge is 0.264 e. The van der Waals surface area contributed by atoms with Gasteiger partial charge in [-0.2, -0.15) is 10.2 Å². The molecule has 11 aromatic rings. The predicted octanol–water partition coefficient (Wildman–Crippen LogP) is 12.9. The lowest BCUT2D eigenvalue weighted by molar-refractivity contribution is 0.106. The molecule has 320 valence electrons. The monoisotopic (exact) mass is 867 g/mol. The van der Waals surface area contributed by atoms with Gasteiger partial charge in [-0.15, -0.1) is 20.4 Å². The number of para-hydroxylation sites is 3. The Morgan fingerprint density at radius 3 is 1.97 bits per heavy atom. The van der Waals surface area contributed by atoms with Gasteiger partial charge in [0.15, 0.2) is 5.75 Å². The summed E-state index contributed by atoms with van der Waals surface area (Å²) in [6.45, 7) is 0.263. The number of pyridine rings is 1. The highest BCUT2D eigenvalue weighted by Crippen LogP contribution is 2.43. The van der Waals surface area contributed by atoms with Crippen LogP contribution < -0.4 is 20.1 Å². The van der Waals surface area contributed by atoms with Crippen LogP contribution in [0.3, 0.4) is 0 Å². The van der Waals surface area contributed by atoms with Crippen molar-refractivity contribution in [2.45, 2.75) is 6.61 Å². The number of nitrogens with zero attached hydrogens (tertiary/aromatic N) is 9. The van der Waals surface area contributed by atoms with Gasteiger partial charge in [0.25, 0.3) is 5.56 Å². The van der Waals surface area contributed by atoms with E-state index in [4.69, 9.17) is 28.8 Å². The van der Waals surface area contributed by atoms with Gasteiger partial charge in [-0.3, -0.25) is 19.1 Å². The molecular formula is C52H37N9O5. The summed E-state index contributed by atoms with van der Waals surface area (Å²) in [5.74, 6) is 1.71. The Morgan fingerprint density at radius 1 is 0.621 bits per heavy atom. The molecule has 0 aliphatic rings. The maximum atomic E-state index is 13.9. The molecule has 8 aromatic carbocycles. The highest BCUT2D eigenvalue weighted by atomic mass is 16.7. The average molecular weight is 868 g/mol. The number of ether oxygens (including phenoxy) is 2. The first kappa shape index (κ1) is 39.9. The second kappa shape index (κ2) is 16.7. The Balaban J connectivity index is 0.818. The molecular weight excluding hydrogens is 831 g/mol. The highest BCUT2D eigenvalue weighted by Gasteiger charge is 2.21. The zero-order chi connectivity index (χ0) is 44.7. The van der Waals surface area contributed by atoms with E-state index in [9.17, 15) is 4.79 Å². The summed E-state index contributed by atoms with van der Waals surface area (Å²) in [6, 6.07) is 49.8. The molecule has 0 N–H and O–H groups in total. The van der Waals surface area contributed by atoms with Crippen molar-refractivity contribution in [3.8, 4) is 34.4 Å². The van der Waals surface area contributed by atoms with E-state index in [0.29, 0.717) is 62.6 Å². The van der Waals surface area contributed by atoms with E-state index in [0.717, 1.165) is 54.8 Å². The first-order chi connectivity index (χ1) is 32.4. The molecule has 0 aliphatic heterocycles. The van der Waals surface area contributed by atoms with Crippen LogP contribution in [0.5, 0.6) is 11.5 Å². The van der Waals surface area contributed by atoms with Gasteiger partial charge in [0.1, 0.15) is 29.4 Å². The number of fused-ring (bicyclic) bond motifs is 5. The van der Waals surface area contributed by atoms with E-state index in [2.05, 4.69) is 31.6 Å². The van der Waals surface area contributed by atoms with Crippen molar-refractivity contribution in [2.24, 2.45) is 20.5 Å². The Morgan fingerprint density at radius 2 is 1.26 bits per heavy atom. The largest absolute Gasteiger partial charge is 0.494 e. The number of aromatic nitrogens is 4. The fourth-order valence-corrected chi connectivity index (χ4v) is 8.28. The minimum absolute atomic E-state index is 0.175. The number of methoxy groups -OCH3 is 2. The normalized spacial score (nSPS) is 11.9. The van der Waals surface area contributed by atoms with E-state index < -0.39 is 0 Å². The number of hydrogen-bond donors (Lipinski definition) is 0. The predicted molar refractivity (Wildman–Crippen MR) is 255 cm³/mol. The molecule has 0 spiro atoms. The first-order valence-electron chi connectivity index (χ1n) is 21.0. The minimum Gasteiger partial charge on any atom is -0.494 e. The summed E-state index contributed by atoms with van der Waals surface area (Å²) in [5.41, 5.74) is 7.43. The molecule has 3 heterocycles. The van der Waals surface area contributed by atoms with Gasteiger partial charge in [-0.1, -0.05) is 72.8 Å². The first-order valence-corrected chi connectivity index (χ1v) is 21.0. The third kappa shape index (κ3) is 7.07. The van der Waals surface area contributed by atoms with E-state index in [1.165, 1.54) is 0 Å². The quantitative estimate of drug-likeness (QED) is 0.0862. The lowest BCUT2D eigenvalue weighted by atomic mass is 10.0. The van der Waals surface area contributed by atoms with Gasteiger partial charge < -0.3 is 13.9 Å². The van der Waals surface area contributed by atoms with Crippen LogP contribution in [0.15, 0.2) is 187 Å². The lowest BCUT2D eigenvalue weighted by Gasteiger charge is -2.20. The van der Waals surface area contributed by atoms with E-state index in [-0.39, 0.29) is 12.2 Å². The summed E-state index contributed by atoms with van der Waals surface area (Å²) < 4.78 is 19.5. The van der Waals surface area contributed by atoms with Crippen molar-refractivity contribution in [1.82, 2.24) is 19.6 Å². The second-order valence-corrected chi connectivity index (χ2v) is 15.4. The molecule has 0 atom stereocenters. The molecule has 14 heteroatoms. The van der Waals surface area contributed by atoms with Gasteiger partial charge in [0, 0.05) is 45.3 Å². The molecule has 0 saturated carbocycles. The molecule has 0 saturated heterocycles. The molecule has 0 bridgehead atoms. The van der Waals surface area contributed by atoms with Crippen LogP contribution >= 0.6 is 0 Å². The topological polar surface area (TPSA) is 154 Å². The van der Waals surface area contributed by atoms with Crippen LogP contribution in [0.4, 0.5) is 28.4 Å². The number of benzene rings is 8. The summed E-state index contributed by atoms with van der Waals surface area (Å²) in [7, 11) is 5.05. The fraction of sp³-hybridized carbons (Fsp3) is 0.0769. The van der Waals surface area contributed by atoms with Crippen LogP contribution in [0.1, 0.15) is 5.56 Å². The fourth-order valence-electron chi connectivity index (χ4n) is 8.28. The third-order valence-electron chi connectivity index (χ3n) is 11.5.